The van der Waals surface area contributed by atoms with Gasteiger partial charge in [0.25, 0.3) is 0 Å². The van der Waals surface area contributed by atoms with Gasteiger partial charge in [0.2, 0.25) is 0 Å². The Labute approximate surface area is 233 Å². The molecule has 3 aliphatic heterocycles. The molecule has 1 atom stereocenters. The summed E-state index contributed by atoms with van der Waals surface area (Å²) < 4.78 is 5.76. The van der Waals surface area contributed by atoms with Crippen molar-refractivity contribution in [1.82, 2.24) is 14.7 Å². The largest absolute Gasteiger partial charge is 0.496 e. The Kier molecular flexibility index (Phi) is 10.1. The maximum absolute atomic E-state index is 5.76. The van der Waals surface area contributed by atoms with Crippen molar-refractivity contribution in [3.05, 3.63) is 94.7 Å². The quantitative estimate of drug-likeness (QED) is 0.407. The van der Waals surface area contributed by atoms with Gasteiger partial charge in [-0.25, -0.2) is 0 Å². The summed E-state index contributed by atoms with van der Waals surface area (Å²) in [5.74, 6) is 2.20. The molecule has 1 unspecified atom stereocenters. The number of piperidine rings is 1. The maximum atomic E-state index is 5.76. The minimum absolute atomic E-state index is 0.0108. The lowest BCUT2D eigenvalue weighted by Gasteiger charge is -2.45. The van der Waals surface area contributed by atoms with Crippen molar-refractivity contribution in [2.75, 3.05) is 33.3 Å². The molecule has 1 aromatic rings. The van der Waals surface area contributed by atoms with Crippen molar-refractivity contribution in [3.8, 4) is 0 Å². The average Bonchev–Trinajstić information content (AvgIpc) is 3.08. The number of benzene rings is 1. The van der Waals surface area contributed by atoms with Crippen molar-refractivity contribution in [1.29, 1.82) is 0 Å². The smallest absolute Gasteiger partial charge is 0.122 e. The first-order valence-corrected chi connectivity index (χ1v) is 14.6. The highest BCUT2D eigenvalue weighted by molar-refractivity contribution is 5.40. The molecule has 0 bridgehead atoms. The highest BCUT2D eigenvalue weighted by Gasteiger charge is 2.51. The molecule has 0 saturated carbocycles. The van der Waals surface area contributed by atoms with Crippen LogP contribution in [0.15, 0.2) is 78.0 Å². The van der Waals surface area contributed by atoms with Crippen molar-refractivity contribution in [2.24, 2.45) is 5.92 Å². The third-order valence-corrected chi connectivity index (χ3v) is 8.27. The molecule has 4 rings (SSSR count). The van der Waals surface area contributed by atoms with Crippen LogP contribution in [0.4, 0.5) is 0 Å². The lowest BCUT2D eigenvalue weighted by Crippen LogP contribution is -2.52. The third kappa shape index (κ3) is 6.12. The van der Waals surface area contributed by atoms with E-state index in [0.717, 1.165) is 69.1 Å². The van der Waals surface area contributed by atoms with Gasteiger partial charge in [-0.05, 0) is 64.2 Å². The van der Waals surface area contributed by atoms with Crippen LogP contribution in [0, 0.1) is 19.8 Å². The van der Waals surface area contributed by atoms with E-state index in [1.165, 1.54) is 28.0 Å². The summed E-state index contributed by atoms with van der Waals surface area (Å²) >= 11 is 0. The van der Waals surface area contributed by atoms with E-state index in [1.807, 2.05) is 13.8 Å². The predicted molar refractivity (Wildman–Crippen MR) is 163 cm³/mol. The number of nitrogens with zero attached hydrogens (tertiary/aromatic N) is 3. The number of hydrogen-bond donors (Lipinski definition) is 0. The Balaban J connectivity index is 0.00000195. The van der Waals surface area contributed by atoms with Crippen LogP contribution in [-0.4, -0.2) is 53.5 Å². The summed E-state index contributed by atoms with van der Waals surface area (Å²) in [6.07, 6.45) is 10.1. The van der Waals surface area contributed by atoms with Crippen molar-refractivity contribution < 1.29 is 4.74 Å². The normalized spacial score (nSPS) is 26.2. The zero-order valence-corrected chi connectivity index (χ0v) is 25.4. The summed E-state index contributed by atoms with van der Waals surface area (Å²) in [6.45, 7) is 29.2. The molecule has 0 aliphatic carbocycles. The highest BCUT2D eigenvalue weighted by Crippen LogP contribution is 2.48. The van der Waals surface area contributed by atoms with Crippen molar-refractivity contribution in [2.45, 2.75) is 79.8 Å². The van der Waals surface area contributed by atoms with Gasteiger partial charge in [0.15, 0.2) is 0 Å². The summed E-state index contributed by atoms with van der Waals surface area (Å²) in [7, 11) is 1.75. The number of allylic oxidation sites excluding steroid dienone is 4. The SMILES string of the molecule is C=C1/C(OC)=C\C(C)=C/CCN2C(=C)N(CC)C3(CCN(Cc4cc(C)cc(C)c4)CC3)/C2=C/C1C.CC. The topological polar surface area (TPSA) is 19.0 Å². The number of likely N-dealkylation sites (N-methyl/N-ethyl adjacent to an activating group) is 1. The number of rotatable bonds is 4. The zero-order valence-electron chi connectivity index (χ0n) is 25.4. The van der Waals surface area contributed by atoms with Gasteiger partial charge in [0, 0.05) is 44.3 Å². The van der Waals surface area contributed by atoms with E-state index in [9.17, 15) is 0 Å². The molecule has 3 heterocycles. The molecule has 0 amide bonds. The Hall–Kier alpha value is -2.72. The molecule has 0 N–H and O–H groups in total. The number of likely N-dealkylation sites (tertiary alicyclic amines) is 1. The van der Waals surface area contributed by atoms with Gasteiger partial charge in [-0.2, -0.15) is 0 Å². The van der Waals surface area contributed by atoms with Crippen LogP contribution in [0.25, 0.3) is 0 Å². The number of fused-ring (bicyclic) bond motifs is 2. The Morgan fingerprint density at radius 3 is 2.21 bits per heavy atom. The molecule has 2 saturated heterocycles. The van der Waals surface area contributed by atoms with Crippen LogP contribution in [0.3, 0.4) is 0 Å². The van der Waals surface area contributed by atoms with E-state index in [2.05, 4.69) is 98.9 Å². The minimum atomic E-state index is -0.0108. The number of ether oxygens (including phenoxy) is 1. The molecule has 208 valence electrons. The fourth-order valence-corrected chi connectivity index (χ4v) is 6.46. The van der Waals surface area contributed by atoms with E-state index >= 15 is 0 Å². The van der Waals surface area contributed by atoms with Gasteiger partial charge in [0.1, 0.15) is 11.6 Å². The van der Waals surface area contributed by atoms with Crippen molar-refractivity contribution in [3.63, 3.8) is 0 Å². The molecule has 3 aliphatic rings. The van der Waals surface area contributed by atoms with Crippen molar-refractivity contribution >= 4 is 0 Å². The Morgan fingerprint density at radius 1 is 1.00 bits per heavy atom. The fourth-order valence-electron chi connectivity index (χ4n) is 6.46. The van der Waals surface area contributed by atoms with Gasteiger partial charge in [-0.1, -0.05) is 81.0 Å². The monoisotopic (exact) mass is 517 g/mol. The molecular formula is C34H51N3O. The van der Waals surface area contributed by atoms with E-state index in [4.69, 9.17) is 4.74 Å². The van der Waals surface area contributed by atoms with Crippen LogP contribution < -0.4 is 0 Å². The molecule has 4 heteroatoms. The van der Waals surface area contributed by atoms with Gasteiger partial charge >= 0.3 is 0 Å². The third-order valence-electron chi connectivity index (χ3n) is 8.27. The van der Waals surface area contributed by atoms with Crippen LogP contribution in [0.5, 0.6) is 0 Å². The first-order chi connectivity index (χ1) is 18.2. The average molecular weight is 518 g/mol. The first kappa shape index (κ1) is 29.8. The summed E-state index contributed by atoms with van der Waals surface area (Å²) in [4.78, 5) is 7.71. The van der Waals surface area contributed by atoms with Crippen LogP contribution in [0.1, 0.15) is 70.6 Å². The molecule has 1 aromatic carbocycles. The lowest BCUT2D eigenvalue weighted by atomic mass is 9.81. The van der Waals surface area contributed by atoms with E-state index in [1.54, 1.807) is 7.11 Å². The molecule has 0 aromatic heterocycles. The number of hydrogen-bond acceptors (Lipinski definition) is 4. The van der Waals surface area contributed by atoms with Gasteiger partial charge in [-0.3, -0.25) is 4.90 Å². The summed E-state index contributed by atoms with van der Waals surface area (Å²) in [5.41, 5.74) is 7.78. The lowest BCUT2D eigenvalue weighted by molar-refractivity contribution is 0.0890. The molecule has 0 radical (unpaired) electrons. The zero-order chi connectivity index (χ0) is 28.0. The minimum Gasteiger partial charge on any atom is -0.496 e. The van der Waals surface area contributed by atoms with Crippen LogP contribution >= 0.6 is 0 Å². The fraction of sp³-hybridized carbons (Fsp3) is 0.529. The molecular weight excluding hydrogens is 466 g/mol. The maximum Gasteiger partial charge on any atom is 0.122 e. The standard InChI is InChI=1S/C32H45N3O.C2H6/c1-9-35-28(7)34-14-10-11-23(2)20-30(36-8)27(6)26(5)21-31(34)32(35)12-15-33(16-13-32)22-29-18-24(3)17-25(4)19-29;1-2/h11,17-21,26H,6-7,9-10,12-16,22H2,1-5,8H3;1-2H3/b23-11-,30-20+,31-21-;. The van der Waals surface area contributed by atoms with Gasteiger partial charge in [0.05, 0.1) is 12.6 Å². The van der Waals surface area contributed by atoms with E-state index in [0.29, 0.717) is 0 Å². The molecule has 1 spiro atoms. The van der Waals surface area contributed by atoms with Gasteiger partial charge in [-0.15, -0.1) is 0 Å². The molecule has 38 heavy (non-hydrogen) atoms. The Bertz CT molecular complexity index is 1080. The second kappa shape index (κ2) is 12.9. The Morgan fingerprint density at radius 2 is 1.63 bits per heavy atom. The summed E-state index contributed by atoms with van der Waals surface area (Å²) in [5, 5.41) is 0. The highest BCUT2D eigenvalue weighted by atomic mass is 16.5. The van der Waals surface area contributed by atoms with Gasteiger partial charge < -0.3 is 14.5 Å². The first-order valence-electron chi connectivity index (χ1n) is 14.6. The second-order valence-corrected chi connectivity index (χ2v) is 10.9. The van der Waals surface area contributed by atoms with E-state index < -0.39 is 0 Å². The van der Waals surface area contributed by atoms with Crippen LogP contribution in [-0.2, 0) is 11.3 Å². The molecule has 4 nitrogen and oxygen atoms in total. The van der Waals surface area contributed by atoms with E-state index in [-0.39, 0.29) is 11.5 Å². The number of aryl methyl sites for hydroxylation is 2. The molecule has 2 fully saturated rings. The second-order valence-electron chi connectivity index (χ2n) is 10.9. The van der Waals surface area contributed by atoms with Crippen LogP contribution in [0.2, 0.25) is 0 Å². The summed E-state index contributed by atoms with van der Waals surface area (Å²) in [6, 6.07) is 6.94. The number of methoxy groups -OCH3 is 1. The predicted octanol–water partition coefficient (Wildman–Crippen LogP) is 7.73.